The summed E-state index contributed by atoms with van der Waals surface area (Å²) in [5.74, 6) is -0.754. The molecule has 0 heterocycles. The summed E-state index contributed by atoms with van der Waals surface area (Å²) in [6.45, 7) is 11.0. The molecule has 39 heavy (non-hydrogen) atoms. The quantitative estimate of drug-likeness (QED) is 0.359. The van der Waals surface area contributed by atoms with Crippen LogP contribution in [-0.4, -0.2) is 43.8 Å². The summed E-state index contributed by atoms with van der Waals surface area (Å²) < 4.78 is 28.9. The van der Waals surface area contributed by atoms with E-state index in [2.05, 4.69) is 5.32 Å². The minimum atomic E-state index is -4.08. The fourth-order valence-corrected chi connectivity index (χ4v) is 5.76. The second-order valence-electron chi connectivity index (χ2n) is 10.1. The summed E-state index contributed by atoms with van der Waals surface area (Å²) in [5.41, 5.74) is 4.06. The van der Waals surface area contributed by atoms with Crippen molar-refractivity contribution in [2.45, 2.75) is 71.5 Å². The summed E-state index contributed by atoms with van der Waals surface area (Å²) in [7, 11) is -4.08. The van der Waals surface area contributed by atoms with Crippen molar-refractivity contribution in [1.29, 1.82) is 0 Å². The molecule has 3 aromatic carbocycles. The van der Waals surface area contributed by atoms with Crippen molar-refractivity contribution in [2.75, 3.05) is 10.8 Å². The summed E-state index contributed by atoms with van der Waals surface area (Å²) in [4.78, 5) is 28.7. The largest absolute Gasteiger partial charge is 0.352 e. The maximum Gasteiger partial charge on any atom is 0.264 e. The molecule has 0 bridgehead atoms. The van der Waals surface area contributed by atoms with E-state index < -0.39 is 28.5 Å². The maximum atomic E-state index is 14.0. The number of nitrogens with one attached hydrogen (secondary N) is 1. The number of carbonyl (C=O) groups excluding carboxylic acids is 2. The molecule has 0 spiro atoms. The van der Waals surface area contributed by atoms with Gasteiger partial charge in [-0.15, -0.1) is 0 Å². The van der Waals surface area contributed by atoms with Crippen LogP contribution in [0.2, 0.25) is 0 Å². The molecular formula is C31H39N3O4S. The SMILES string of the molecule is CC[C@H](C)NC(=O)[C@@H](C)N(Cc1ccc(C)cc1)C(=O)CN(c1ccc(C)cc1C)S(=O)(=O)c1ccccc1. The highest BCUT2D eigenvalue weighted by Crippen LogP contribution is 2.28. The molecule has 8 heteroatoms. The normalized spacial score (nSPS) is 12.9. The van der Waals surface area contributed by atoms with Crippen LogP contribution in [0, 0.1) is 20.8 Å². The molecule has 0 saturated heterocycles. The number of amides is 2. The van der Waals surface area contributed by atoms with E-state index in [0.29, 0.717) is 5.69 Å². The molecule has 0 aromatic heterocycles. The number of aryl methyl sites for hydroxylation is 3. The molecule has 3 rings (SSSR count). The highest BCUT2D eigenvalue weighted by Gasteiger charge is 2.33. The zero-order chi connectivity index (χ0) is 28.7. The third-order valence-corrected chi connectivity index (χ3v) is 8.65. The Balaban J connectivity index is 2.04. The maximum absolute atomic E-state index is 14.0. The number of nitrogens with zero attached hydrogens (tertiary/aromatic N) is 2. The van der Waals surface area contributed by atoms with Crippen molar-refractivity contribution in [2.24, 2.45) is 0 Å². The molecule has 0 radical (unpaired) electrons. The first-order valence-corrected chi connectivity index (χ1v) is 14.7. The number of hydrogen-bond acceptors (Lipinski definition) is 4. The van der Waals surface area contributed by atoms with Crippen LogP contribution in [0.1, 0.15) is 49.4 Å². The van der Waals surface area contributed by atoms with Gasteiger partial charge in [-0.1, -0.05) is 72.6 Å². The van der Waals surface area contributed by atoms with Crippen molar-refractivity contribution < 1.29 is 18.0 Å². The molecule has 2 atom stereocenters. The van der Waals surface area contributed by atoms with Gasteiger partial charge < -0.3 is 10.2 Å². The molecule has 2 amide bonds. The van der Waals surface area contributed by atoms with Crippen LogP contribution < -0.4 is 9.62 Å². The predicted octanol–water partition coefficient (Wildman–Crippen LogP) is 5.14. The zero-order valence-electron chi connectivity index (χ0n) is 23.6. The van der Waals surface area contributed by atoms with Crippen LogP contribution in [0.25, 0.3) is 0 Å². The van der Waals surface area contributed by atoms with E-state index >= 15 is 0 Å². The molecule has 0 saturated carbocycles. The van der Waals surface area contributed by atoms with E-state index in [4.69, 9.17) is 0 Å². The lowest BCUT2D eigenvalue weighted by Gasteiger charge is -2.33. The number of hydrogen-bond donors (Lipinski definition) is 1. The highest BCUT2D eigenvalue weighted by atomic mass is 32.2. The number of carbonyl (C=O) groups is 2. The summed E-state index contributed by atoms with van der Waals surface area (Å²) in [6, 6.07) is 20.4. The van der Waals surface area contributed by atoms with Gasteiger partial charge in [0.05, 0.1) is 10.6 Å². The van der Waals surface area contributed by atoms with Gasteiger partial charge in [-0.2, -0.15) is 0 Å². The number of sulfonamides is 1. The topological polar surface area (TPSA) is 86.8 Å². The molecule has 0 fully saturated rings. The van der Waals surface area contributed by atoms with Gasteiger partial charge in [-0.05, 0) is 70.4 Å². The molecule has 0 unspecified atom stereocenters. The first kappa shape index (κ1) is 29.9. The summed E-state index contributed by atoms with van der Waals surface area (Å²) in [5, 5.41) is 2.95. The van der Waals surface area contributed by atoms with Gasteiger partial charge in [0, 0.05) is 12.6 Å². The number of benzene rings is 3. The summed E-state index contributed by atoms with van der Waals surface area (Å²) in [6.07, 6.45) is 0.750. The Morgan fingerprint density at radius 3 is 2.08 bits per heavy atom. The predicted molar refractivity (Wildman–Crippen MR) is 156 cm³/mol. The molecule has 208 valence electrons. The fourth-order valence-electron chi connectivity index (χ4n) is 4.26. The van der Waals surface area contributed by atoms with Crippen molar-refractivity contribution in [1.82, 2.24) is 10.2 Å². The van der Waals surface area contributed by atoms with E-state index in [1.807, 2.05) is 71.0 Å². The standard InChI is InChI=1S/C31H39N3O4S/c1-7-25(5)32-31(36)26(6)33(20-27-16-13-22(2)14-17-27)30(35)21-34(29-18-15-23(3)19-24(29)4)39(37,38)28-11-9-8-10-12-28/h8-19,25-26H,7,20-21H2,1-6H3,(H,32,36)/t25-,26+/m0/s1. The van der Waals surface area contributed by atoms with Gasteiger partial charge in [-0.3, -0.25) is 13.9 Å². The van der Waals surface area contributed by atoms with Crippen LogP contribution >= 0.6 is 0 Å². The van der Waals surface area contributed by atoms with Gasteiger partial charge in [0.1, 0.15) is 12.6 Å². The lowest BCUT2D eigenvalue weighted by Crippen LogP contribution is -2.52. The molecule has 3 aromatic rings. The van der Waals surface area contributed by atoms with Crippen molar-refractivity contribution in [3.05, 3.63) is 95.1 Å². The fraction of sp³-hybridized carbons (Fsp3) is 0.355. The van der Waals surface area contributed by atoms with Crippen molar-refractivity contribution in [3.8, 4) is 0 Å². The number of anilines is 1. The van der Waals surface area contributed by atoms with Gasteiger partial charge >= 0.3 is 0 Å². The van der Waals surface area contributed by atoms with E-state index in [1.165, 1.54) is 17.0 Å². The smallest absolute Gasteiger partial charge is 0.264 e. The Kier molecular flexibility index (Phi) is 9.92. The molecule has 0 aliphatic heterocycles. The minimum absolute atomic E-state index is 0.0542. The lowest BCUT2D eigenvalue weighted by atomic mass is 10.1. The van der Waals surface area contributed by atoms with Crippen molar-refractivity contribution >= 4 is 27.5 Å². The highest BCUT2D eigenvalue weighted by molar-refractivity contribution is 7.92. The third kappa shape index (κ3) is 7.47. The second-order valence-corrected chi connectivity index (χ2v) is 12.0. The Morgan fingerprint density at radius 1 is 0.872 bits per heavy atom. The van der Waals surface area contributed by atoms with Crippen LogP contribution in [0.4, 0.5) is 5.69 Å². The Hall–Kier alpha value is -3.65. The van der Waals surface area contributed by atoms with Crippen LogP contribution in [0.3, 0.4) is 0 Å². The molecule has 0 aliphatic rings. The van der Waals surface area contributed by atoms with E-state index in [9.17, 15) is 18.0 Å². The lowest BCUT2D eigenvalue weighted by molar-refractivity contribution is -0.139. The Labute approximate surface area is 232 Å². The van der Waals surface area contributed by atoms with Gasteiger partial charge in [0.2, 0.25) is 11.8 Å². The van der Waals surface area contributed by atoms with Crippen LogP contribution in [0.15, 0.2) is 77.7 Å². The van der Waals surface area contributed by atoms with Gasteiger partial charge in [-0.25, -0.2) is 8.42 Å². The second kappa shape index (κ2) is 12.9. The number of rotatable bonds is 11. The Bertz CT molecular complexity index is 1390. The van der Waals surface area contributed by atoms with Crippen LogP contribution in [-0.2, 0) is 26.2 Å². The average Bonchev–Trinajstić information content (AvgIpc) is 2.91. The first-order chi connectivity index (χ1) is 18.4. The van der Waals surface area contributed by atoms with E-state index in [1.54, 1.807) is 31.2 Å². The van der Waals surface area contributed by atoms with Crippen LogP contribution in [0.5, 0.6) is 0 Å². The average molecular weight is 550 g/mol. The molecule has 1 N–H and O–H groups in total. The Morgan fingerprint density at radius 2 is 1.49 bits per heavy atom. The first-order valence-electron chi connectivity index (χ1n) is 13.2. The van der Waals surface area contributed by atoms with Crippen molar-refractivity contribution in [3.63, 3.8) is 0 Å². The third-order valence-electron chi connectivity index (χ3n) is 6.87. The molecule has 0 aliphatic carbocycles. The van der Waals surface area contributed by atoms with Gasteiger partial charge in [0.25, 0.3) is 10.0 Å². The summed E-state index contributed by atoms with van der Waals surface area (Å²) >= 11 is 0. The minimum Gasteiger partial charge on any atom is -0.352 e. The van der Waals surface area contributed by atoms with E-state index in [0.717, 1.165) is 33.0 Å². The van der Waals surface area contributed by atoms with Gasteiger partial charge in [0.15, 0.2) is 0 Å². The monoisotopic (exact) mass is 549 g/mol. The zero-order valence-corrected chi connectivity index (χ0v) is 24.5. The molecular weight excluding hydrogens is 510 g/mol. The van der Waals surface area contributed by atoms with E-state index in [-0.39, 0.29) is 23.4 Å². The molecule has 7 nitrogen and oxygen atoms in total.